The molecule has 25 heavy (non-hydrogen) atoms. The SMILES string of the molecule is CCOC(=O)c1c(NC(=O)CC2SC(N)=NC2=O)sc2c1CCOC2. The Labute approximate surface area is 152 Å². The van der Waals surface area contributed by atoms with Gasteiger partial charge in [-0.05, 0) is 18.9 Å². The first kappa shape index (κ1) is 17.9. The third-order valence-electron chi connectivity index (χ3n) is 3.68. The maximum absolute atomic E-state index is 12.3. The van der Waals surface area contributed by atoms with E-state index in [0.29, 0.717) is 30.2 Å². The second kappa shape index (κ2) is 7.54. The summed E-state index contributed by atoms with van der Waals surface area (Å²) in [6.07, 6.45) is 0.534. The maximum atomic E-state index is 12.3. The van der Waals surface area contributed by atoms with Crippen LogP contribution in [0.1, 0.15) is 34.1 Å². The van der Waals surface area contributed by atoms with Crippen LogP contribution in [0, 0.1) is 0 Å². The molecule has 0 fully saturated rings. The van der Waals surface area contributed by atoms with Gasteiger partial charge in [-0.1, -0.05) is 11.8 Å². The number of esters is 1. The molecule has 0 aromatic carbocycles. The first-order chi connectivity index (χ1) is 12.0. The number of nitrogens with one attached hydrogen (secondary N) is 1. The van der Waals surface area contributed by atoms with Gasteiger partial charge in [0.2, 0.25) is 5.91 Å². The van der Waals surface area contributed by atoms with E-state index in [-0.39, 0.29) is 24.1 Å². The average molecular weight is 383 g/mol. The molecule has 0 aliphatic carbocycles. The molecular weight excluding hydrogens is 366 g/mol. The Bertz CT molecular complexity index is 759. The number of thioether (sulfide) groups is 1. The van der Waals surface area contributed by atoms with E-state index in [1.165, 1.54) is 11.3 Å². The minimum Gasteiger partial charge on any atom is -0.462 e. The van der Waals surface area contributed by atoms with Crippen LogP contribution in [0.5, 0.6) is 0 Å². The number of anilines is 1. The van der Waals surface area contributed by atoms with Crippen molar-refractivity contribution in [2.75, 3.05) is 18.5 Å². The molecule has 1 unspecified atom stereocenters. The number of hydrogen-bond donors (Lipinski definition) is 2. The lowest BCUT2D eigenvalue weighted by Gasteiger charge is -2.13. The van der Waals surface area contributed by atoms with Gasteiger partial charge in [-0.3, -0.25) is 9.59 Å². The number of ether oxygens (including phenoxy) is 2. The molecule has 10 heteroatoms. The number of carbonyl (C=O) groups excluding carboxylic acids is 3. The van der Waals surface area contributed by atoms with E-state index in [4.69, 9.17) is 15.2 Å². The predicted octanol–water partition coefficient (Wildman–Crippen LogP) is 1.28. The van der Waals surface area contributed by atoms with E-state index in [1.807, 2.05) is 0 Å². The van der Waals surface area contributed by atoms with Crippen LogP contribution in [0.25, 0.3) is 0 Å². The van der Waals surface area contributed by atoms with Crippen LogP contribution in [0.2, 0.25) is 0 Å². The zero-order valence-electron chi connectivity index (χ0n) is 13.5. The van der Waals surface area contributed by atoms with E-state index < -0.39 is 17.1 Å². The van der Waals surface area contributed by atoms with Crippen molar-refractivity contribution >= 4 is 51.1 Å². The van der Waals surface area contributed by atoms with Crippen molar-refractivity contribution in [3.8, 4) is 0 Å². The first-order valence-electron chi connectivity index (χ1n) is 7.73. The number of thiophene rings is 1. The fourth-order valence-corrected chi connectivity index (χ4v) is 4.63. The molecule has 2 aliphatic rings. The van der Waals surface area contributed by atoms with Gasteiger partial charge < -0.3 is 20.5 Å². The van der Waals surface area contributed by atoms with Crippen LogP contribution < -0.4 is 11.1 Å². The molecule has 0 bridgehead atoms. The standard InChI is InChI=1S/C15H17N3O5S2/c1-2-23-14(21)11-7-3-4-22-6-9(7)24-13(11)17-10(19)5-8-12(20)18-15(16)25-8/h8H,2-6H2,1H3,(H,17,19)(H2,16,18,20). The van der Waals surface area contributed by atoms with E-state index in [9.17, 15) is 14.4 Å². The molecule has 3 N–H and O–H groups in total. The van der Waals surface area contributed by atoms with Crippen LogP contribution in [0.3, 0.4) is 0 Å². The van der Waals surface area contributed by atoms with Crippen molar-refractivity contribution < 1.29 is 23.9 Å². The fraction of sp³-hybridized carbons (Fsp3) is 0.467. The van der Waals surface area contributed by atoms with Crippen LogP contribution in [-0.4, -0.2) is 41.4 Å². The van der Waals surface area contributed by atoms with Gasteiger partial charge >= 0.3 is 5.97 Å². The Morgan fingerprint density at radius 2 is 2.28 bits per heavy atom. The molecule has 1 aromatic rings. The van der Waals surface area contributed by atoms with Gasteiger partial charge in [-0.25, -0.2) is 4.79 Å². The summed E-state index contributed by atoms with van der Waals surface area (Å²) < 4.78 is 10.5. The van der Waals surface area contributed by atoms with Crippen LogP contribution in [0.15, 0.2) is 4.99 Å². The smallest absolute Gasteiger partial charge is 0.341 e. The van der Waals surface area contributed by atoms with Crippen LogP contribution >= 0.6 is 23.1 Å². The Morgan fingerprint density at radius 3 is 2.96 bits per heavy atom. The molecule has 3 heterocycles. The first-order valence-corrected chi connectivity index (χ1v) is 9.43. The number of amides is 2. The third-order valence-corrected chi connectivity index (χ3v) is 5.79. The number of nitrogens with zero attached hydrogens (tertiary/aromatic N) is 1. The summed E-state index contributed by atoms with van der Waals surface area (Å²) in [6, 6.07) is 0. The summed E-state index contributed by atoms with van der Waals surface area (Å²) in [5, 5.41) is 2.71. The average Bonchev–Trinajstić information content (AvgIpc) is 3.06. The van der Waals surface area contributed by atoms with Gasteiger partial charge in [0.15, 0.2) is 5.17 Å². The number of carbonyl (C=O) groups is 3. The lowest BCUT2D eigenvalue weighted by atomic mass is 10.1. The predicted molar refractivity (Wildman–Crippen MR) is 94.9 cm³/mol. The summed E-state index contributed by atoms with van der Waals surface area (Å²) in [5.41, 5.74) is 6.75. The minimum atomic E-state index is -0.621. The van der Waals surface area contributed by atoms with E-state index >= 15 is 0 Å². The zero-order valence-corrected chi connectivity index (χ0v) is 15.1. The number of amidine groups is 1. The largest absolute Gasteiger partial charge is 0.462 e. The Kier molecular flexibility index (Phi) is 5.40. The van der Waals surface area contributed by atoms with Gasteiger partial charge in [0.25, 0.3) is 5.91 Å². The highest BCUT2D eigenvalue weighted by Gasteiger charge is 2.31. The molecule has 134 valence electrons. The van der Waals surface area contributed by atoms with Gasteiger partial charge in [0.1, 0.15) is 10.3 Å². The number of rotatable bonds is 5. The molecule has 3 rings (SSSR count). The summed E-state index contributed by atoms with van der Waals surface area (Å²) in [6.45, 7) is 2.90. The molecule has 2 amide bonds. The highest BCUT2D eigenvalue weighted by Crippen LogP contribution is 2.37. The fourth-order valence-electron chi connectivity index (χ4n) is 2.62. The Hall–Kier alpha value is -1.91. The van der Waals surface area contributed by atoms with Crippen LogP contribution in [0.4, 0.5) is 5.00 Å². The summed E-state index contributed by atoms with van der Waals surface area (Å²) in [5.74, 6) is -1.25. The van der Waals surface area contributed by atoms with E-state index in [1.54, 1.807) is 6.92 Å². The minimum absolute atomic E-state index is 0.0605. The molecule has 0 spiro atoms. The van der Waals surface area contributed by atoms with Crippen LogP contribution in [-0.2, 0) is 32.1 Å². The van der Waals surface area contributed by atoms with Crippen molar-refractivity contribution in [2.24, 2.45) is 10.7 Å². The van der Waals surface area contributed by atoms with Gasteiger partial charge in [-0.15, -0.1) is 11.3 Å². The topological polar surface area (TPSA) is 120 Å². The lowest BCUT2D eigenvalue weighted by Crippen LogP contribution is -2.22. The zero-order chi connectivity index (χ0) is 18.0. The third kappa shape index (κ3) is 3.86. The molecule has 1 aromatic heterocycles. The van der Waals surface area contributed by atoms with Crippen molar-refractivity contribution in [2.45, 2.75) is 31.6 Å². The normalized spacial score (nSPS) is 19.3. The lowest BCUT2D eigenvalue weighted by molar-refractivity contribution is -0.121. The molecular formula is C15H17N3O5S2. The molecule has 0 saturated carbocycles. The Balaban J connectivity index is 1.77. The summed E-state index contributed by atoms with van der Waals surface area (Å²) in [4.78, 5) is 40.8. The highest BCUT2D eigenvalue weighted by atomic mass is 32.2. The Morgan fingerprint density at radius 1 is 1.48 bits per heavy atom. The quantitative estimate of drug-likeness (QED) is 0.735. The molecule has 0 saturated heterocycles. The van der Waals surface area contributed by atoms with Gasteiger partial charge in [-0.2, -0.15) is 4.99 Å². The van der Waals surface area contributed by atoms with Crippen molar-refractivity contribution in [1.29, 1.82) is 0 Å². The number of nitrogens with two attached hydrogens (primary N) is 1. The van der Waals surface area contributed by atoms with E-state index in [2.05, 4.69) is 10.3 Å². The van der Waals surface area contributed by atoms with Crippen molar-refractivity contribution in [3.63, 3.8) is 0 Å². The second-order valence-corrected chi connectivity index (χ2v) is 7.71. The molecule has 0 radical (unpaired) electrons. The second-order valence-electron chi connectivity index (χ2n) is 5.38. The van der Waals surface area contributed by atoms with Gasteiger partial charge in [0, 0.05) is 11.3 Å². The van der Waals surface area contributed by atoms with Gasteiger partial charge in [0.05, 0.1) is 25.4 Å². The molecule has 2 aliphatic heterocycles. The van der Waals surface area contributed by atoms with Crippen molar-refractivity contribution in [1.82, 2.24) is 0 Å². The highest BCUT2D eigenvalue weighted by molar-refractivity contribution is 8.15. The number of aliphatic imine (C=N–C) groups is 1. The van der Waals surface area contributed by atoms with E-state index in [0.717, 1.165) is 22.2 Å². The van der Waals surface area contributed by atoms with Crippen molar-refractivity contribution in [3.05, 3.63) is 16.0 Å². The molecule has 8 nitrogen and oxygen atoms in total. The number of hydrogen-bond acceptors (Lipinski definition) is 8. The summed E-state index contributed by atoms with van der Waals surface area (Å²) >= 11 is 2.37. The number of fused-ring (bicyclic) bond motifs is 1. The summed E-state index contributed by atoms with van der Waals surface area (Å²) in [7, 11) is 0. The molecule has 1 atom stereocenters. The monoisotopic (exact) mass is 383 g/mol. The maximum Gasteiger partial charge on any atom is 0.341 e.